The minimum atomic E-state index is -0.180. The van der Waals surface area contributed by atoms with Gasteiger partial charge in [0.15, 0.2) is 0 Å². The average molecular weight is 251 g/mol. The molecule has 0 aromatic heterocycles. The largest absolute Gasteiger partial charge is 0.373 e. The van der Waals surface area contributed by atoms with Crippen LogP contribution in [0.15, 0.2) is 18.2 Å². The van der Waals surface area contributed by atoms with Crippen molar-refractivity contribution in [2.24, 2.45) is 0 Å². The van der Waals surface area contributed by atoms with Crippen molar-refractivity contribution in [2.75, 3.05) is 13.2 Å². The molecule has 1 saturated heterocycles. The number of ether oxygens (including phenoxy) is 1. The van der Waals surface area contributed by atoms with Crippen LogP contribution >= 0.6 is 0 Å². The van der Waals surface area contributed by atoms with E-state index in [1.54, 1.807) is 13.0 Å². The molecule has 18 heavy (non-hydrogen) atoms. The Bertz CT molecular complexity index is 413. The summed E-state index contributed by atoms with van der Waals surface area (Å²) in [5, 5.41) is 3.48. The smallest absolute Gasteiger partial charge is 0.126 e. The third-order valence-electron chi connectivity index (χ3n) is 3.78. The molecule has 2 atom stereocenters. The van der Waals surface area contributed by atoms with Gasteiger partial charge in [-0.05, 0) is 50.4 Å². The van der Waals surface area contributed by atoms with Crippen LogP contribution < -0.4 is 5.32 Å². The van der Waals surface area contributed by atoms with Gasteiger partial charge >= 0.3 is 0 Å². The Morgan fingerprint density at radius 3 is 2.83 bits per heavy atom. The first-order chi connectivity index (χ1) is 8.57. The third-order valence-corrected chi connectivity index (χ3v) is 3.78. The molecule has 2 rings (SSSR count). The van der Waals surface area contributed by atoms with Gasteiger partial charge in [0.25, 0.3) is 0 Å². The molecule has 1 N–H and O–H groups in total. The average Bonchev–Trinajstić information content (AvgIpc) is 2.78. The Hall–Kier alpha value is -0.930. The van der Waals surface area contributed by atoms with Crippen LogP contribution in [0.4, 0.5) is 4.39 Å². The molecule has 0 spiro atoms. The van der Waals surface area contributed by atoms with Crippen LogP contribution in [0.2, 0.25) is 0 Å². The van der Waals surface area contributed by atoms with Crippen molar-refractivity contribution in [1.82, 2.24) is 5.32 Å². The van der Waals surface area contributed by atoms with Crippen molar-refractivity contribution < 1.29 is 9.13 Å². The fourth-order valence-electron chi connectivity index (χ4n) is 2.77. The van der Waals surface area contributed by atoms with E-state index in [0.717, 1.165) is 31.6 Å². The molecule has 1 aromatic carbocycles. The number of aryl methyl sites for hydroxylation is 1. The van der Waals surface area contributed by atoms with E-state index in [1.165, 1.54) is 0 Å². The minimum Gasteiger partial charge on any atom is -0.373 e. The molecule has 3 heteroatoms. The summed E-state index contributed by atoms with van der Waals surface area (Å²) in [7, 11) is 0. The molecular formula is C15H22FNO. The summed E-state index contributed by atoms with van der Waals surface area (Å²) in [5.41, 5.74) is 1.62. The van der Waals surface area contributed by atoms with Crippen LogP contribution in [0, 0.1) is 12.7 Å². The van der Waals surface area contributed by atoms with Gasteiger partial charge in [-0.25, -0.2) is 4.39 Å². The van der Waals surface area contributed by atoms with Crippen LogP contribution in [-0.2, 0) is 4.74 Å². The Morgan fingerprint density at radius 2 is 2.28 bits per heavy atom. The van der Waals surface area contributed by atoms with Crippen LogP contribution in [0.1, 0.15) is 43.9 Å². The second-order valence-corrected chi connectivity index (χ2v) is 5.26. The summed E-state index contributed by atoms with van der Waals surface area (Å²) in [6.07, 6.45) is 2.14. The first-order valence-corrected chi connectivity index (χ1v) is 6.70. The third kappa shape index (κ3) is 2.57. The lowest BCUT2D eigenvalue weighted by atomic mass is 9.87. The molecule has 2 unspecified atom stereocenters. The van der Waals surface area contributed by atoms with E-state index in [2.05, 4.69) is 19.2 Å². The summed E-state index contributed by atoms with van der Waals surface area (Å²) < 4.78 is 19.3. The van der Waals surface area contributed by atoms with E-state index in [4.69, 9.17) is 4.74 Å². The van der Waals surface area contributed by atoms with Gasteiger partial charge in [-0.3, -0.25) is 0 Å². The lowest BCUT2D eigenvalue weighted by Gasteiger charge is -2.34. The minimum absolute atomic E-state index is 0.129. The highest BCUT2D eigenvalue weighted by molar-refractivity contribution is 5.28. The second-order valence-electron chi connectivity index (χ2n) is 5.26. The lowest BCUT2D eigenvalue weighted by molar-refractivity contribution is -0.0121. The summed E-state index contributed by atoms with van der Waals surface area (Å²) in [5.74, 6) is -0.147. The van der Waals surface area contributed by atoms with Gasteiger partial charge in [0, 0.05) is 6.61 Å². The summed E-state index contributed by atoms with van der Waals surface area (Å²) in [4.78, 5) is 0. The van der Waals surface area contributed by atoms with Gasteiger partial charge in [0.05, 0.1) is 11.6 Å². The Balaban J connectivity index is 2.31. The first-order valence-electron chi connectivity index (χ1n) is 6.70. The molecule has 1 fully saturated rings. The predicted molar refractivity (Wildman–Crippen MR) is 71.1 cm³/mol. The number of hydrogen-bond acceptors (Lipinski definition) is 2. The zero-order valence-electron chi connectivity index (χ0n) is 11.4. The monoisotopic (exact) mass is 251 g/mol. The second kappa shape index (κ2) is 5.37. The highest BCUT2D eigenvalue weighted by atomic mass is 19.1. The summed E-state index contributed by atoms with van der Waals surface area (Å²) in [6.45, 7) is 7.73. The van der Waals surface area contributed by atoms with Crippen LogP contribution in [0.5, 0.6) is 0 Å². The van der Waals surface area contributed by atoms with Crippen molar-refractivity contribution in [2.45, 2.75) is 45.3 Å². The standard InChI is InChI=1S/C15H22FNO/c1-4-17-14(15(3)8-5-9-18-15)12-6-7-13(16)11(2)10-12/h6-7,10,14,17H,4-5,8-9H2,1-3H3. The zero-order chi connectivity index (χ0) is 13.2. The Labute approximate surface area is 109 Å². The van der Waals surface area contributed by atoms with E-state index >= 15 is 0 Å². The first kappa shape index (κ1) is 13.5. The molecular weight excluding hydrogens is 229 g/mol. The highest BCUT2D eigenvalue weighted by Gasteiger charge is 2.38. The molecule has 2 nitrogen and oxygen atoms in total. The molecule has 1 aromatic rings. The van der Waals surface area contributed by atoms with Crippen molar-refractivity contribution >= 4 is 0 Å². The van der Waals surface area contributed by atoms with Gasteiger partial charge in [-0.15, -0.1) is 0 Å². The number of halogens is 1. The van der Waals surface area contributed by atoms with Crippen molar-refractivity contribution in [1.29, 1.82) is 0 Å². The maximum Gasteiger partial charge on any atom is 0.126 e. The number of nitrogens with one attached hydrogen (secondary N) is 1. The fraction of sp³-hybridized carbons (Fsp3) is 0.600. The lowest BCUT2D eigenvalue weighted by Crippen LogP contribution is -2.41. The number of rotatable bonds is 4. The molecule has 0 saturated carbocycles. The maximum atomic E-state index is 13.4. The molecule has 0 bridgehead atoms. The van der Waals surface area contributed by atoms with Gasteiger partial charge in [0.1, 0.15) is 5.82 Å². The zero-order valence-corrected chi connectivity index (χ0v) is 11.4. The SMILES string of the molecule is CCNC(c1ccc(F)c(C)c1)C1(C)CCCO1. The van der Waals surface area contributed by atoms with Crippen LogP contribution in [0.3, 0.4) is 0 Å². The Kier molecular flexibility index (Phi) is 4.03. The quantitative estimate of drug-likeness (QED) is 0.886. The Morgan fingerprint density at radius 1 is 1.50 bits per heavy atom. The number of hydrogen-bond donors (Lipinski definition) is 1. The van der Waals surface area contributed by atoms with E-state index in [1.807, 2.05) is 12.1 Å². The van der Waals surface area contributed by atoms with E-state index in [9.17, 15) is 4.39 Å². The van der Waals surface area contributed by atoms with Gasteiger partial charge in [0.2, 0.25) is 0 Å². The van der Waals surface area contributed by atoms with Crippen LogP contribution in [-0.4, -0.2) is 18.8 Å². The molecule has 1 aliphatic heterocycles. The summed E-state index contributed by atoms with van der Waals surface area (Å²) in [6, 6.07) is 5.47. The van der Waals surface area contributed by atoms with Crippen molar-refractivity contribution in [3.63, 3.8) is 0 Å². The molecule has 1 heterocycles. The van der Waals surface area contributed by atoms with Gasteiger partial charge < -0.3 is 10.1 Å². The van der Waals surface area contributed by atoms with E-state index in [-0.39, 0.29) is 17.5 Å². The fourth-order valence-corrected chi connectivity index (χ4v) is 2.77. The van der Waals surface area contributed by atoms with Gasteiger partial charge in [-0.1, -0.05) is 19.1 Å². The predicted octanol–water partition coefficient (Wildman–Crippen LogP) is 3.35. The number of likely N-dealkylation sites (N-methyl/N-ethyl adjacent to an activating group) is 1. The van der Waals surface area contributed by atoms with E-state index < -0.39 is 0 Å². The molecule has 100 valence electrons. The maximum absolute atomic E-state index is 13.4. The number of benzene rings is 1. The summed E-state index contributed by atoms with van der Waals surface area (Å²) >= 11 is 0. The van der Waals surface area contributed by atoms with Crippen molar-refractivity contribution in [3.8, 4) is 0 Å². The molecule has 0 aliphatic carbocycles. The van der Waals surface area contributed by atoms with Crippen molar-refractivity contribution in [3.05, 3.63) is 35.1 Å². The topological polar surface area (TPSA) is 21.3 Å². The highest BCUT2D eigenvalue weighted by Crippen LogP contribution is 2.37. The molecule has 0 amide bonds. The molecule has 0 radical (unpaired) electrons. The normalized spacial score (nSPS) is 25.3. The molecule has 1 aliphatic rings. The van der Waals surface area contributed by atoms with Gasteiger partial charge in [-0.2, -0.15) is 0 Å². The van der Waals surface area contributed by atoms with E-state index in [0.29, 0.717) is 5.56 Å². The van der Waals surface area contributed by atoms with Crippen LogP contribution in [0.25, 0.3) is 0 Å².